The van der Waals surface area contributed by atoms with E-state index < -0.39 is 10.0 Å². The molecule has 3 rings (SSSR count). The first-order chi connectivity index (χ1) is 13.2. The normalized spacial score (nSPS) is 14.3. The van der Waals surface area contributed by atoms with Crippen molar-refractivity contribution in [2.45, 2.75) is 58.0 Å². The monoisotopic (exact) mass is 400 g/mol. The smallest absolute Gasteiger partial charge is 0.244 e. The summed E-state index contributed by atoms with van der Waals surface area (Å²) in [6, 6.07) is 11.6. The summed E-state index contributed by atoms with van der Waals surface area (Å²) in [5.41, 5.74) is 4.20. The Morgan fingerprint density at radius 2 is 1.61 bits per heavy atom. The third-order valence-electron chi connectivity index (χ3n) is 5.36. The lowest BCUT2D eigenvalue weighted by Crippen LogP contribution is -2.41. The molecule has 0 radical (unpaired) electrons. The van der Waals surface area contributed by atoms with Gasteiger partial charge < -0.3 is 5.32 Å². The molecule has 5 nitrogen and oxygen atoms in total. The fraction of sp³-hybridized carbons (Fsp3) is 0.409. The molecule has 0 heterocycles. The average molecular weight is 401 g/mol. The van der Waals surface area contributed by atoms with E-state index in [4.69, 9.17) is 0 Å². The summed E-state index contributed by atoms with van der Waals surface area (Å²) in [4.78, 5) is 12.8. The van der Waals surface area contributed by atoms with E-state index in [1.54, 1.807) is 0 Å². The number of nitrogens with one attached hydrogen (secondary N) is 1. The van der Waals surface area contributed by atoms with E-state index >= 15 is 0 Å². The second kappa shape index (κ2) is 8.05. The Morgan fingerprint density at radius 1 is 1.04 bits per heavy atom. The Bertz CT molecular complexity index is 954. The zero-order valence-corrected chi connectivity index (χ0v) is 17.8. The molecule has 1 amide bonds. The molecule has 0 bridgehead atoms. The fourth-order valence-corrected chi connectivity index (χ4v) is 5.33. The zero-order valence-electron chi connectivity index (χ0n) is 17.0. The summed E-state index contributed by atoms with van der Waals surface area (Å²) in [5.74, 6) is -0.248. The summed E-state index contributed by atoms with van der Waals surface area (Å²) in [6.07, 6.45) is 1.93. The Kier molecular flexibility index (Phi) is 5.91. The van der Waals surface area contributed by atoms with Crippen LogP contribution in [0, 0.1) is 27.7 Å². The van der Waals surface area contributed by atoms with E-state index in [1.165, 1.54) is 4.31 Å². The number of carbonyl (C=O) groups excluding carboxylic acids is 1. The van der Waals surface area contributed by atoms with Gasteiger partial charge in [-0.2, -0.15) is 4.31 Å². The van der Waals surface area contributed by atoms with Gasteiger partial charge in [0.25, 0.3) is 0 Å². The summed E-state index contributed by atoms with van der Waals surface area (Å²) < 4.78 is 28.6. The molecule has 1 fully saturated rings. The van der Waals surface area contributed by atoms with Crippen LogP contribution in [0.2, 0.25) is 0 Å². The lowest BCUT2D eigenvalue weighted by molar-refractivity contribution is -0.121. The Morgan fingerprint density at radius 3 is 2.14 bits per heavy atom. The number of benzene rings is 2. The van der Waals surface area contributed by atoms with Crippen LogP contribution in [0.5, 0.6) is 0 Å². The molecule has 28 heavy (non-hydrogen) atoms. The number of aryl methyl sites for hydroxylation is 2. The van der Waals surface area contributed by atoms with Gasteiger partial charge in [0.05, 0.1) is 11.4 Å². The van der Waals surface area contributed by atoms with Gasteiger partial charge >= 0.3 is 0 Å². The molecule has 0 spiro atoms. The molecular formula is C22H28N2O3S. The van der Waals surface area contributed by atoms with Crippen molar-refractivity contribution < 1.29 is 13.2 Å². The number of hydrogen-bond acceptors (Lipinski definition) is 3. The van der Waals surface area contributed by atoms with Crippen molar-refractivity contribution in [3.05, 3.63) is 64.2 Å². The maximum absolute atomic E-state index is 13.7. The Labute approximate surface area is 167 Å². The van der Waals surface area contributed by atoms with Crippen molar-refractivity contribution in [2.24, 2.45) is 0 Å². The Hall–Kier alpha value is -2.18. The van der Waals surface area contributed by atoms with E-state index in [0.717, 1.165) is 40.7 Å². The minimum Gasteiger partial charge on any atom is -0.352 e. The second-order valence-electron chi connectivity index (χ2n) is 7.69. The lowest BCUT2D eigenvalue weighted by atomic mass is 10.0. The quantitative estimate of drug-likeness (QED) is 0.775. The molecule has 2 aromatic carbocycles. The van der Waals surface area contributed by atoms with Gasteiger partial charge in [-0.15, -0.1) is 0 Å². The summed E-state index contributed by atoms with van der Waals surface area (Å²) in [5, 5.41) is 2.90. The molecule has 1 aliphatic rings. The van der Waals surface area contributed by atoms with E-state index in [-0.39, 0.29) is 25.0 Å². The number of sulfonamides is 1. The number of nitrogens with zero attached hydrogens (tertiary/aromatic N) is 1. The number of carbonyl (C=O) groups is 1. The molecule has 0 atom stereocenters. The standard InChI is InChI=1S/C22H28N2O3S/c1-15-12-16(2)18(4)22(17(15)3)28(26,27)24(13-19-8-6-5-7-9-19)14-21(25)23-20-10-11-20/h5-9,12,20H,10-11,13-14H2,1-4H3,(H,23,25). The molecule has 2 aromatic rings. The van der Waals surface area contributed by atoms with Crippen LogP contribution in [0.15, 0.2) is 41.3 Å². The average Bonchev–Trinajstić information content (AvgIpc) is 3.44. The molecule has 0 aliphatic heterocycles. The van der Waals surface area contributed by atoms with Crippen molar-refractivity contribution >= 4 is 15.9 Å². The highest BCUT2D eigenvalue weighted by Crippen LogP contribution is 2.29. The molecule has 1 saturated carbocycles. The minimum absolute atomic E-state index is 0.160. The maximum atomic E-state index is 13.7. The van der Waals surface area contributed by atoms with Crippen LogP contribution < -0.4 is 5.32 Å². The number of rotatable bonds is 7. The number of hydrogen-bond donors (Lipinski definition) is 1. The lowest BCUT2D eigenvalue weighted by Gasteiger charge is -2.25. The molecule has 1 N–H and O–H groups in total. The summed E-state index contributed by atoms with van der Waals surface area (Å²) in [6.45, 7) is 7.48. The van der Waals surface area contributed by atoms with Crippen LogP contribution in [0.3, 0.4) is 0 Å². The van der Waals surface area contributed by atoms with Gasteiger partial charge in [-0.05, 0) is 68.4 Å². The van der Waals surface area contributed by atoms with Crippen LogP contribution in [-0.4, -0.2) is 31.2 Å². The highest BCUT2D eigenvalue weighted by atomic mass is 32.2. The zero-order chi connectivity index (χ0) is 20.5. The van der Waals surface area contributed by atoms with Gasteiger partial charge in [0.15, 0.2) is 0 Å². The highest BCUT2D eigenvalue weighted by Gasteiger charge is 2.32. The first kappa shape index (κ1) is 20.6. The van der Waals surface area contributed by atoms with Crippen LogP contribution in [0.4, 0.5) is 0 Å². The molecule has 0 aromatic heterocycles. The third-order valence-corrected chi connectivity index (χ3v) is 7.43. The van der Waals surface area contributed by atoms with Crippen molar-refractivity contribution in [1.82, 2.24) is 9.62 Å². The summed E-state index contributed by atoms with van der Waals surface area (Å²) >= 11 is 0. The maximum Gasteiger partial charge on any atom is 0.244 e. The van der Waals surface area contributed by atoms with E-state index in [1.807, 2.05) is 64.1 Å². The van der Waals surface area contributed by atoms with E-state index in [2.05, 4.69) is 5.32 Å². The molecule has 1 aliphatic carbocycles. The van der Waals surface area contributed by atoms with Gasteiger partial charge in [-0.1, -0.05) is 36.4 Å². The third kappa shape index (κ3) is 4.45. The fourth-order valence-electron chi connectivity index (χ4n) is 3.37. The summed E-state index contributed by atoms with van der Waals surface area (Å²) in [7, 11) is -3.84. The van der Waals surface area contributed by atoms with Crippen molar-refractivity contribution in [2.75, 3.05) is 6.54 Å². The molecule has 150 valence electrons. The van der Waals surface area contributed by atoms with Crippen LogP contribution >= 0.6 is 0 Å². The molecule has 6 heteroatoms. The first-order valence-corrected chi connectivity index (χ1v) is 11.0. The Balaban J connectivity index is 2.01. The van der Waals surface area contributed by atoms with Gasteiger partial charge in [0.1, 0.15) is 0 Å². The van der Waals surface area contributed by atoms with Gasteiger partial charge in [0.2, 0.25) is 15.9 Å². The van der Waals surface area contributed by atoms with Crippen molar-refractivity contribution in [1.29, 1.82) is 0 Å². The van der Waals surface area contributed by atoms with Gasteiger partial charge in [0, 0.05) is 12.6 Å². The van der Waals surface area contributed by atoms with Crippen LogP contribution in [0.25, 0.3) is 0 Å². The van der Waals surface area contributed by atoms with E-state index in [0.29, 0.717) is 4.90 Å². The molecular weight excluding hydrogens is 372 g/mol. The van der Waals surface area contributed by atoms with Crippen molar-refractivity contribution in [3.63, 3.8) is 0 Å². The molecule has 0 unspecified atom stereocenters. The largest absolute Gasteiger partial charge is 0.352 e. The second-order valence-corrected chi connectivity index (χ2v) is 9.56. The minimum atomic E-state index is -3.84. The molecule has 0 saturated heterocycles. The SMILES string of the molecule is Cc1cc(C)c(C)c(S(=O)(=O)N(CC(=O)NC2CC2)Cc2ccccc2)c1C. The topological polar surface area (TPSA) is 66.5 Å². The van der Waals surface area contributed by atoms with Gasteiger partial charge in [-0.3, -0.25) is 4.79 Å². The predicted molar refractivity (Wildman–Crippen MR) is 111 cm³/mol. The van der Waals surface area contributed by atoms with Crippen molar-refractivity contribution in [3.8, 4) is 0 Å². The van der Waals surface area contributed by atoms with E-state index in [9.17, 15) is 13.2 Å². The van der Waals surface area contributed by atoms with Crippen LogP contribution in [-0.2, 0) is 21.4 Å². The highest BCUT2D eigenvalue weighted by molar-refractivity contribution is 7.89. The van der Waals surface area contributed by atoms with Crippen LogP contribution in [0.1, 0.15) is 40.7 Å². The number of amides is 1. The predicted octanol–water partition coefficient (Wildman–Crippen LogP) is 3.39. The van der Waals surface area contributed by atoms with Gasteiger partial charge in [-0.25, -0.2) is 8.42 Å². The first-order valence-electron chi connectivity index (χ1n) is 9.61.